The third-order valence-corrected chi connectivity index (χ3v) is 6.88. The van der Waals surface area contributed by atoms with Gasteiger partial charge in [-0.3, -0.25) is 9.69 Å². The molecule has 0 aromatic carbocycles. The highest BCUT2D eigenvalue weighted by Crippen LogP contribution is 2.37. The molecular formula is C21H39N3O2. The lowest BCUT2D eigenvalue weighted by molar-refractivity contribution is -0.123. The molecular weight excluding hydrogens is 326 g/mol. The zero-order valence-electron chi connectivity index (χ0n) is 16.7. The number of rotatable bonds is 7. The molecule has 0 aromatic rings. The summed E-state index contributed by atoms with van der Waals surface area (Å²) in [5.41, 5.74) is 0.279. The maximum absolute atomic E-state index is 12.6. The molecule has 0 spiro atoms. The number of carbonyl (C=O) groups excluding carboxylic acids is 1. The molecule has 26 heavy (non-hydrogen) atoms. The Morgan fingerprint density at radius 1 is 1.23 bits per heavy atom. The van der Waals surface area contributed by atoms with E-state index in [2.05, 4.69) is 22.5 Å². The fourth-order valence-electron chi connectivity index (χ4n) is 5.11. The monoisotopic (exact) mass is 365 g/mol. The number of piperidine rings is 1. The minimum atomic E-state index is 0.259. The summed E-state index contributed by atoms with van der Waals surface area (Å²) in [5.74, 6) is 1.39. The number of morpholine rings is 1. The maximum Gasteiger partial charge on any atom is 0.220 e. The van der Waals surface area contributed by atoms with Crippen LogP contribution < -0.4 is 10.6 Å². The van der Waals surface area contributed by atoms with Gasteiger partial charge in [0.05, 0.1) is 13.2 Å². The van der Waals surface area contributed by atoms with Gasteiger partial charge in [-0.1, -0.05) is 26.2 Å². The van der Waals surface area contributed by atoms with Gasteiger partial charge in [-0.15, -0.1) is 0 Å². The van der Waals surface area contributed by atoms with E-state index < -0.39 is 0 Å². The summed E-state index contributed by atoms with van der Waals surface area (Å²) in [4.78, 5) is 15.2. The van der Waals surface area contributed by atoms with Gasteiger partial charge in [-0.05, 0) is 50.6 Å². The highest BCUT2D eigenvalue weighted by molar-refractivity contribution is 5.76. The molecule has 0 radical (unpaired) electrons. The fraction of sp³-hybridized carbons (Fsp3) is 0.952. The lowest BCUT2D eigenvalue weighted by atomic mass is 9.73. The maximum atomic E-state index is 12.6. The topological polar surface area (TPSA) is 53.6 Å². The molecule has 150 valence electrons. The van der Waals surface area contributed by atoms with Crippen LogP contribution in [0.15, 0.2) is 0 Å². The normalized spacial score (nSPS) is 28.4. The molecule has 2 unspecified atom stereocenters. The number of carbonyl (C=O) groups is 1. The molecule has 3 aliphatic rings. The van der Waals surface area contributed by atoms with Crippen molar-refractivity contribution in [2.24, 2.45) is 17.3 Å². The highest BCUT2D eigenvalue weighted by Gasteiger charge is 2.35. The van der Waals surface area contributed by atoms with Gasteiger partial charge >= 0.3 is 0 Å². The lowest BCUT2D eigenvalue weighted by Crippen LogP contribution is -2.49. The van der Waals surface area contributed by atoms with Crippen molar-refractivity contribution in [3.8, 4) is 0 Å². The van der Waals surface area contributed by atoms with Crippen LogP contribution in [0.4, 0.5) is 0 Å². The van der Waals surface area contributed by atoms with Crippen molar-refractivity contribution in [1.29, 1.82) is 0 Å². The molecule has 2 aliphatic heterocycles. The van der Waals surface area contributed by atoms with Crippen LogP contribution >= 0.6 is 0 Å². The zero-order valence-corrected chi connectivity index (χ0v) is 16.7. The lowest BCUT2D eigenvalue weighted by Gasteiger charge is -2.42. The molecule has 2 N–H and O–H groups in total. The Morgan fingerprint density at radius 3 is 2.69 bits per heavy atom. The summed E-state index contributed by atoms with van der Waals surface area (Å²) in [6, 6.07) is 0. The second kappa shape index (κ2) is 10.0. The number of hydrogen-bond donors (Lipinski definition) is 2. The SMILES string of the molecule is CC(CC(=O)NCC1(CN2CCOCC2)CCCCC1)C1CCCNC1. The van der Waals surface area contributed by atoms with Crippen molar-refractivity contribution in [1.82, 2.24) is 15.5 Å². The summed E-state index contributed by atoms with van der Waals surface area (Å²) in [6.07, 6.45) is 9.68. The molecule has 1 saturated carbocycles. The van der Waals surface area contributed by atoms with Crippen LogP contribution in [0.25, 0.3) is 0 Å². The van der Waals surface area contributed by atoms with Crippen molar-refractivity contribution < 1.29 is 9.53 Å². The van der Waals surface area contributed by atoms with E-state index in [4.69, 9.17) is 4.74 Å². The van der Waals surface area contributed by atoms with Crippen LogP contribution in [0, 0.1) is 17.3 Å². The van der Waals surface area contributed by atoms with Gasteiger partial charge < -0.3 is 15.4 Å². The largest absolute Gasteiger partial charge is 0.379 e. The number of ether oxygens (including phenoxy) is 1. The van der Waals surface area contributed by atoms with E-state index in [1.54, 1.807) is 0 Å². The molecule has 3 rings (SSSR count). The number of amides is 1. The average molecular weight is 366 g/mol. The van der Waals surface area contributed by atoms with Gasteiger partial charge in [0, 0.05) is 38.0 Å². The first kappa shape index (κ1) is 20.1. The van der Waals surface area contributed by atoms with Crippen molar-refractivity contribution in [2.75, 3.05) is 52.5 Å². The molecule has 0 aromatic heterocycles. The molecule has 1 aliphatic carbocycles. The molecule has 2 saturated heterocycles. The fourth-order valence-corrected chi connectivity index (χ4v) is 5.11. The van der Waals surface area contributed by atoms with E-state index in [-0.39, 0.29) is 11.3 Å². The van der Waals surface area contributed by atoms with Gasteiger partial charge in [-0.2, -0.15) is 0 Å². The summed E-state index contributed by atoms with van der Waals surface area (Å²) >= 11 is 0. The summed E-state index contributed by atoms with van der Waals surface area (Å²) in [5, 5.41) is 6.81. The Bertz CT molecular complexity index is 425. The van der Waals surface area contributed by atoms with E-state index in [1.807, 2.05) is 0 Å². The molecule has 5 nitrogen and oxygen atoms in total. The van der Waals surface area contributed by atoms with E-state index in [9.17, 15) is 4.79 Å². The first-order valence-corrected chi connectivity index (χ1v) is 10.9. The van der Waals surface area contributed by atoms with E-state index in [0.29, 0.717) is 18.3 Å². The zero-order chi connectivity index (χ0) is 18.2. The standard InChI is InChI=1S/C21H39N3O2/c1-18(19-6-5-9-22-15-19)14-20(25)23-16-21(7-3-2-4-8-21)17-24-10-12-26-13-11-24/h18-19,22H,2-17H2,1H3,(H,23,25). The Kier molecular flexibility index (Phi) is 7.77. The minimum Gasteiger partial charge on any atom is -0.379 e. The van der Waals surface area contributed by atoms with E-state index >= 15 is 0 Å². The second-order valence-electron chi connectivity index (χ2n) is 9.01. The van der Waals surface area contributed by atoms with Gasteiger partial charge in [-0.25, -0.2) is 0 Å². The van der Waals surface area contributed by atoms with E-state index in [1.165, 1.54) is 44.9 Å². The quantitative estimate of drug-likeness (QED) is 0.727. The summed E-state index contributed by atoms with van der Waals surface area (Å²) in [7, 11) is 0. The molecule has 2 heterocycles. The van der Waals surface area contributed by atoms with Crippen LogP contribution in [0.1, 0.15) is 58.3 Å². The van der Waals surface area contributed by atoms with Crippen molar-refractivity contribution in [3.63, 3.8) is 0 Å². The molecule has 1 amide bonds. The highest BCUT2D eigenvalue weighted by atomic mass is 16.5. The van der Waals surface area contributed by atoms with Crippen molar-refractivity contribution in [3.05, 3.63) is 0 Å². The third kappa shape index (κ3) is 5.93. The Morgan fingerprint density at radius 2 is 2.00 bits per heavy atom. The van der Waals surface area contributed by atoms with Crippen LogP contribution in [0.3, 0.4) is 0 Å². The van der Waals surface area contributed by atoms with Crippen LogP contribution in [-0.2, 0) is 9.53 Å². The molecule has 5 heteroatoms. The number of nitrogens with zero attached hydrogens (tertiary/aromatic N) is 1. The van der Waals surface area contributed by atoms with E-state index in [0.717, 1.165) is 52.5 Å². The van der Waals surface area contributed by atoms with Gasteiger partial charge in [0.2, 0.25) is 5.91 Å². The van der Waals surface area contributed by atoms with Crippen molar-refractivity contribution >= 4 is 5.91 Å². The van der Waals surface area contributed by atoms with Gasteiger partial charge in [0.15, 0.2) is 0 Å². The third-order valence-electron chi connectivity index (χ3n) is 6.88. The Hall–Kier alpha value is -0.650. The molecule has 0 bridgehead atoms. The molecule has 2 atom stereocenters. The number of hydrogen-bond acceptors (Lipinski definition) is 4. The Balaban J connectivity index is 1.47. The predicted octanol–water partition coefficient (Wildman–Crippen LogP) is 2.41. The minimum absolute atomic E-state index is 0.259. The van der Waals surface area contributed by atoms with Crippen molar-refractivity contribution in [2.45, 2.75) is 58.3 Å². The number of nitrogens with one attached hydrogen (secondary N) is 2. The molecule has 3 fully saturated rings. The van der Waals surface area contributed by atoms with Crippen LogP contribution in [0.2, 0.25) is 0 Å². The Labute approximate surface area is 159 Å². The smallest absolute Gasteiger partial charge is 0.220 e. The summed E-state index contributed by atoms with van der Waals surface area (Å²) in [6.45, 7) is 10.3. The summed E-state index contributed by atoms with van der Waals surface area (Å²) < 4.78 is 5.50. The van der Waals surface area contributed by atoms with Crippen LogP contribution in [0.5, 0.6) is 0 Å². The van der Waals surface area contributed by atoms with Gasteiger partial charge in [0.25, 0.3) is 0 Å². The average Bonchev–Trinajstić information content (AvgIpc) is 2.69. The van der Waals surface area contributed by atoms with Crippen LogP contribution in [-0.4, -0.2) is 63.3 Å². The first-order valence-electron chi connectivity index (χ1n) is 10.9. The predicted molar refractivity (Wildman–Crippen MR) is 105 cm³/mol. The second-order valence-corrected chi connectivity index (χ2v) is 9.01. The van der Waals surface area contributed by atoms with Gasteiger partial charge in [0.1, 0.15) is 0 Å². The first-order chi connectivity index (χ1) is 12.7.